The number of halogens is 3. The normalized spacial score (nSPS) is 24.8. The van der Waals surface area contributed by atoms with Crippen LogP contribution in [0.2, 0.25) is 0 Å². The summed E-state index contributed by atoms with van der Waals surface area (Å²) in [6.45, 7) is -0.0246. The van der Waals surface area contributed by atoms with Gasteiger partial charge in [0.1, 0.15) is 12.4 Å². The average molecular weight is 569 g/mol. The highest BCUT2D eigenvalue weighted by Crippen LogP contribution is 2.40. The second-order valence-corrected chi connectivity index (χ2v) is 10.1. The van der Waals surface area contributed by atoms with Gasteiger partial charge in [-0.1, -0.05) is 37.9 Å². The van der Waals surface area contributed by atoms with E-state index >= 15 is 0 Å². The zero-order valence-electron chi connectivity index (χ0n) is 13.4. The molecular weight excluding hydrogens is 556 g/mol. The summed E-state index contributed by atoms with van der Waals surface area (Å²) < 4.78 is 16.6. The summed E-state index contributed by atoms with van der Waals surface area (Å²) in [5.41, 5.74) is 1.14. The van der Waals surface area contributed by atoms with E-state index in [2.05, 4.69) is 47.8 Å². The molecule has 0 radical (unpaired) electrons. The van der Waals surface area contributed by atoms with Crippen molar-refractivity contribution in [2.45, 2.75) is 15.1 Å². The van der Waals surface area contributed by atoms with E-state index in [4.69, 9.17) is 14.2 Å². The van der Waals surface area contributed by atoms with E-state index in [9.17, 15) is 9.59 Å². The molecule has 0 aromatic heterocycles. The number of thioether (sulfide) groups is 1. The highest BCUT2D eigenvalue weighted by molar-refractivity contribution is 9.13. The van der Waals surface area contributed by atoms with Crippen LogP contribution in [0.4, 0.5) is 0 Å². The molecule has 0 bridgehead atoms. The number of alkyl halides is 2. The summed E-state index contributed by atoms with van der Waals surface area (Å²) in [6.07, 6.45) is 2.86. The molecule has 0 aliphatic carbocycles. The average Bonchev–Trinajstić information content (AvgIpc) is 3.15. The molecule has 0 fully saturated rings. The number of hydrogen-bond donors (Lipinski definition) is 0. The molecule has 3 unspecified atom stereocenters. The van der Waals surface area contributed by atoms with Crippen LogP contribution in [0.3, 0.4) is 0 Å². The molecule has 1 aromatic rings. The van der Waals surface area contributed by atoms with Gasteiger partial charge in [-0.3, -0.25) is 0 Å². The van der Waals surface area contributed by atoms with Crippen LogP contribution in [0.5, 0.6) is 5.75 Å². The Morgan fingerprint density at radius 1 is 1.31 bits per heavy atom. The van der Waals surface area contributed by atoms with Crippen LogP contribution >= 0.6 is 59.6 Å². The summed E-state index contributed by atoms with van der Waals surface area (Å²) in [4.78, 5) is 24.8. The van der Waals surface area contributed by atoms with Gasteiger partial charge in [-0.05, 0) is 45.8 Å². The third kappa shape index (κ3) is 4.37. The smallest absolute Gasteiger partial charge is 0.344 e. The first-order chi connectivity index (χ1) is 12.4. The van der Waals surface area contributed by atoms with E-state index in [1.54, 1.807) is 37.5 Å². The summed E-state index contributed by atoms with van der Waals surface area (Å²) in [7, 11) is 1.57. The van der Waals surface area contributed by atoms with Gasteiger partial charge in [0.15, 0.2) is 6.10 Å². The number of methoxy groups -OCH3 is 1. The first kappa shape index (κ1) is 20.0. The Morgan fingerprint density at radius 3 is 2.69 bits per heavy atom. The number of carbonyl (C=O) groups excluding carboxylic acids is 2. The van der Waals surface area contributed by atoms with Gasteiger partial charge in [0.2, 0.25) is 0 Å². The Kier molecular flexibility index (Phi) is 6.53. The van der Waals surface area contributed by atoms with Crippen molar-refractivity contribution in [3.8, 4) is 5.75 Å². The minimum absolute atomic E-state index is 0.0246. The van der Waals surface area contributed by atoms with Crippen LogP contribution in [-0.2, 0) is 19.1 Å². The fourth-order valence-corrected chi connectivity index (χ4v) is 5.30. The lowest BCUT2D eigenvalue weighted by atomic mass is 10.1. The number of rotatable bonds is 5. The summed E-state index contributed by atoms with van der Waals surface area (Å²) in [6, 6.07) is 5.32. The molecule has 0 N–H and O–H groups in total. The van der Waals surface area contributed by atoms with Crippen molar-refractivity contribution in [1.29, 1.82) is 0 Å². The van der Waals surface area contributed by atoms with Gasteiger partial charge in [0.05, 0.1) is 31.0 Å². The maximum absolute atomic E-state index is 12.1. The summed E-state index contributed by atoms with van der Waals surface area (Å²) >= 11 is 11.7. The van der Waals surface area contributed by atoms with Crippen molar-refractivity contribution in [1.82, 2.24) is 0 Å². The number of esters is 2. The molecule has 2 aliphatic rings. The zero-order valence-corrected chi connectivity index (χ0v) is 19.0. The third-order valence-corrected chi connectivity index (χ3v) is 8.35. The topological polar surface area (TPSA) is 61.8 Å². The van der Waals surface area contributed by atoms with E-state index in [0.29, 0.717) is 21.8 Å². The van der Waals surface area contributed by atoms with Crippen molar-refractivity contribution in [2.24, 2.45) is 0 Å². The highest BCUT2D eigenvalue weighted by Gasteiger charge is 2.31. The second kappa shape index (κ2) is 8.50. The van der Waals surface area contributed by atoms with Gasteiger partial charge < -0.3 is 14.2 Å². The van der Waals surface area contributed by atoms with Crippen LogP contribution < -0.4 is 4.74 Å². The predicted molar refractivity (Wildman–Crippen MR) is 111 cm³/mol. The molecule has 2 heterocycles. The van der Waals surface area contributed by atoms with Gasteiger partial charge in [0, 0.05) is 0 Å². The number of hydrogen-bond acceptors (Lipinski definition) is 6. The van der Waals surface area contributed by atoms with Gasteiger partial charge in [-0.15, -0.1) is 11.8 Å². The van der Waals surface area contributed by atoms with E-state index in [1.165, 1.54) is 11.8 Å². The van der Waals surface area contributed by atoms with Gasteiger partial charge in [-0.25, -0.2) is 9.59 Å². The quantitative estimate of drug-likeness (QED) is 0.387. The molecule has 9 heteroatoms. The molecule has 5 nitrogen and oxygen atoms in total. The van der Waals surface area contributed by atoms with Gasteiger partial charge in [-0.2, -0.15) is 0 Å². The number of benzene rings is 1. The predicted octanol–water partition coefficient (Wildman–Crippen LogP) is 4.42. The molecule has 0 spiro atoms. The highest BCUT2D eigenvalue weighted by atomic mass is 79.9. The maximum Gasteiger partial charge on any atom is 0.344 e. The first-order valence-electron chi connectivity index (χ1n) is 7.49. The first-order valence-corrected chi connectivity index (χ1v) is 11.0. The van der Waals surface area contributed by atoms with Crippen LogP contribution in [-0.4, -0.2) is 40.7 Å². The fourth-order valence-electron chi connectivity index (χ4n) is 2.41. The maximum atomic E-state index is 12.1. The molecule has 26 heavy (non-hydrogen) atoms. The van der Waals surface area contributed by atoms with Crippen molar-refractivity contribution >= 4 is 77.1 Å². The lowest BCUT2D eigenvalue weighted by Gasteiger charge is -2.09. The Labute approximate surface area is 179 Å². The molecule has 3 rings (SSSR count). The Morgan fingerprint density at radius 2 is 2.08 bits per heavy atom. The number of allylic oxidation sites excluding steroid dienone is 1. The van der Waals surface area contributed by atoms with Crippen molar-refractivity contribution in [3.05, 3.63) is 45.3 Å². The number of cyclic esters (lactones) is 1. The van der Waals surface area contributed by atoms with Gasteiger partial charge >= 0.3 is 11.9 Å². The lowest BCUT2D eigenvalue weighted by Crippen LogP contribution is -2.18. The minimum atomic E-state index is -0.603. The molecule has 138 valence electrons. The standard InChI is InChI=1S/C17H13Br3O5S/c1-23-13-3-2-8(4-11(13)18)10-5-9(25-16(10)21)7-24-17(22)14-6-12(19)15(20)26-14/h2-6,9,12,15H,7H2,1H3. The largest absolute Gasteiger partial charge is 0.496 e. The molecule has 0 saturated carbocycles. The van der Waals surface area contributed by atoms with Gasteiger partial charge in [0.25, 0.3) is 0 Å². The van der Waals surface area contributed by atoms with Crippen molar-refractivity contribution in [3.63, 3.8) is 0 Å². The van der Waals surface area contributed by atoms with Crippen molar-refractivity contribution in [2.75, 3.05) is 13.7 Å². The summed E-state index contributed by atoms with van der Waals surface area (Å²) in [5, 5.41) is 0. The van der Waals surface area contributed by atoms with E-state index in [0.717, 1.165) is 4.47 Å². The Bertz CT molecular complexity index is 808. The molecule has 3 atom stereocenters. The molecule has 0 saturated heterocycles. The van der Waals surface area contributed by atoms with Crippen LogP contribution in [0.15, 0.2) is 39.7 Å². The lowest BCUT2D eigenvalue weighted by molar-refractivity contribution is -0.147. The Hall–Kier alpha value is -0.770. The third-order valence-electron chi connectivity index (χ3n) is 3.67. The Balaban J connectivity index is 1.64. The molecule has 1 aromatic carbocycles. The number of carbonyl (C=O) groups is 2. The second-order valence-electron chi connectivity index (χ2n) is 5.42. The number of ether oxygens (including phenoxy) is 3. The SMILES string of the molecule is COc1ccc(C2=CC(COC(=O)C3=CC(Br)C(Br)S3)OC2=O)cc1Br. The zero-order chi connectivity index (χ0) is 18.8. The van der Waals surface area contributed by atoms with Crippen LogP contribution in [0, 0.1) is 0 Å². The molecule has 0 amide bonds. The molecule has 2 aliphatic heterocycles. The monoisotopic (exact) mass is 566 g/mol. The van der Waals surface area contributed by atoms with E-state index in [-0.39, 0.29) is 15.6 Å². The van der Waals surface area contributed by atoms with E-state index < -0.39 is 18.0 Å². The van der Waals surface area contributed by atoms with Crippen LogP contribution in [0.1, 0.15) is 5.56 Å². The van der Waals surface area contributed by atoms with Crippen molar-refractivity contribution < 1.29 is 23.8 Å². The molecular formula is C17H13Br3O5S. The minimum Gasteiger partial charge on any atom is -0.496 e. The fraction of sp³-hybridized carbons (Fsp3) is 0.294. The summed E-state index contributed by atoms with van der Waals surface area (Å²) in [5.74, 6) is -0.200. The van der Waals surface area contributed by atoms with Crippen LogP contribution in [0.25, 0.3) is 5.57 Å². The van der Waals surface area contributed by atoms with E-state index in [1.807, 2.05) is 0 Å².